The summed E-state index contributed by atoms with van der Waals surface area (Å²) in [6.07, 6.45) is 5.55. The fraction of sp³-hybridized carbons (Fsp3) is 0.353. The van der Waals surface area contributed by atoms with Crippen LogP contribution in [0.5, 0.6) is 5.75 Å². The Kier molecular flexibility index (Phi) is 4.71. The van der Waals surface area contributed by atoms with Crippen LogP contribution in [0.15, 0.2) is 24.5 Å². The molecule has 27 heavy (non-hydrogen) atoms. The molecule has 2 heterocycles. The fourth-order valence-electron chi connectivity index (χ4n) is 3.20. The van der Waals surface area contributed by atoms with Gasteiger partial charge in [0.15, 0.2) is 5.13 Å². The van der Waals surface area contributed by atoms with Crippen molar-refractivity contribution in [3.8, 4) is 5.75 Å². The molecule has 0 amide bonds. The van der Waals surface area contributed by atoms with Crippen LogP contribution < -0.4 is 15.4 Å². The first-order valence-corrected chi connectivity index (χ1v) is 9.43. The molecule has 1 aliphatic carbocycles. The minimum absolute atomic E-state index is 0.126. The van der Waals surface area contributed by atoms with E-state index in [0.717, 1.165) is 41.6 Å². The highest BCUT2D eigenvalue weighted by molar-refractivity contribution is 7.22. The van der Waals surface area contributed by atoms with Crippen molar-refractivity contribution in [1.82, 2.24) is 15.0 Å². The van der Waals surface area contributed by atoms with Gasteiger partial charge in [-0.2, -0.15) is 0 Å². The molecule has 0 unspecified atom stereocenters. The van der Waals surface area contributed by atoms with E-state index < -0.39 is 4.92 Å². The molecule has 0 saturated heterocycles. The number of hydrogen-bond donors (Lipinski definition) is 2. The largest absolute Gasteiger partial charge is 0.497 e. The average molecular weight is 386 g/mol. The lowest BCUT2D eigenvalue weighted by Crippen LogP contribution is -2.17. The second kappa shape index (κ2) is 7.31. The summed E-state index contributed by atoms with van der Waals surface area (Å²) in [5.41, 5.74) is 0.616. The highest BCUT2D eigenvalue weighted by atomic mass is 32.1. The Morgan fingerprint density at radius 3 is 2.78 bits per heavy atom. The predicted octanol–water partition coefficient (Wildman–Crippen LogP) is 4.10. The molecule has 0 radical (unpaired) electrons. The van der Waals surface area contributed by atoms with Gasteiger partial charge in [-0.25, -0.2) is 15.0 Å². The van der Waals surface area contributed by atoms with Crippen molar-refractivity contribution >= 4 is 44.0 Å². The molecule has 2 N–H and O–H groups in total. The summed E-state index contributed by atoms with van der Waals surface area (Å²) >= 11 is 1.38. The topological polar surface area (TPSA) is 115 Å². The van der Waals surface area contributed by atoms with E-state index >= 15 is 0 Å². The zero-order valence-electron chi connectivity index (χ0n) is 14.6. The van der Waals surface area contributed by atoms with Crippen LogP contribution in [0, 0.1) is 10.1 Å². The number of hydrogen-bond acceptors (Lipinski definition) is 9. The van der Waals surface area contributed by atoms with Gasteiger partial charge in [-0.1, -0.05) is 24.2 Å². The van der Waals surface area contributed by atoms with Gasteiger partial charge in [0, 0.05) is 6.04 Å². The minimum Gasteiger partial charge on any atom is -0.497 e. The van der Waals surface area contributed by atoms with Crippen molar-refractivity contribution in [3.05, 3.63) is 34.6 Å². The van der Waals surface area contributed by atoms with Crippen LogP contribution in [0.25, 0.3) is 10.2 Å². The Bertz CT molecular complexity index is 986. The number of thiazole rings is 1. The predicted molar refractivity (Wildman–Crippen MR) is 104 cm³/mol. The number of rotatable bonds is 6. The van der Waals surface area contributed by atoms with Crippen LogP contribution in [0.2, 0.25) is 0 Å². The fourth-order valence-corrected chi connectivity index (χ4v) is 4.09. The van der Waals surface area contributed by atoms with Crippen molar-refractivity contribution in [2.24, 2.45) is 0 Å². The molecule has 2 aromatic heterocycles. The maximum Gasteiger partial charge on any atom is 0.353 e. The zero-order chi connectivity index (χ0) is 18.8. The zero-order valence-corrected chi connectivity index (χ0v) is 15.5. The molecule has 0 aliphatic heterocycles. The van der Waals surface area contributed by atoms with E-state index in [1.165, 1.54) is 17.7 Å². The highest BCUT2D eigenvalue weighted by Gasteiger charge is 2.26. The number of benzene rings is 1. The number of methoxy groups -OCH3 is 1. The lowest BCUT2D eigenvalue weighted by Gasteiger charge is -2.13. The van der Waals surface area contributed by atoms with E-state index in [2.05, 4.69) is 25.6 Å². The van der Waals surface area contributed by atoms with Gasteiger partial charge in [0.2, 0.25) is 11.6 Å². The number of nitrogens with one attached hydrogen (secondary N) is 2. The molecule has 10 heteroatoms. The van der Waals surface area contributed by atoms with Gasteiger partial charge in [-0.3, -0.25) is 10.1 Å². The molecular formula is C17H18N6O3S. The second-order valence-corrected chi connectivity index (χ2v) is 7.31. The maximum atomic E-state index is 11.7. The minimum atomic E-state index is -0.462. The summed E-state index contributed by atoms with van der Waals surface area (Å²) < 4.78 is 6.13. The van der Waals surface area contributed by atoms with Gasteiger partial charge in [-0.05, 0) is 31.0 Å². The van der Waals surface area contributed by atoms with Crippen LogP contribution in [-0.4, -0.2) is 33.0 Å². The Morgan fingerprint density at radius 2 is 2.04 bits per heavy atom. The number of nitrogens with zero attached hydrogens (tertiary/aromatic N) is 4. The number of ether oxygens (including phenoxy) is 1. The first kappa shape index (κ1) is 17.4. The van der Waals surface area contributed by atoms with Crippen molar-refractivity contribution in [2.75, 3.05) is 17.7 Å². The monoisotopic (exact) mass is 386 g/mol. The van der Waals surface area contributed by atoms with E-state index in [9.17, 15) is 10.1 Å². The average Bonchev–Trinajstić information content (AvgIpc) is 3.30. The van der Waals surface area contributed by atoms with Gasteiger partial charge < -0.3 is 15.4 Å². The number of anilines is 3. The third-order valence-corrected chi connectivity index (χ3v) is 5.46. The van der Waals surface area contributed by atoms with Crippen LogP contribution in [0.4, 0.5) is 22.5 Å². The highest BCUT2D eigenvalue weighted by Crippen LogP contribution is 2.36. The molecule has 3 aromatic rings. The number of aromatic nitrogens is 3. The van der Waals surface area contributed by atoms with E-state index in [1.807, 2.05) is 18.2 Å². The summed E-state index contributed by atoms with van der Waals surface area (Å²) in [4.78, 5) is 23.8. The van der Waals surface area contributed by atoms with E-state index in [0.29, 0.717) is 5.13 Å². The summed E-state index contributed by atoms with van der Waals surface area (Å²) in [7, 11) is 1.60. The lowest BCUT2D eigenvalue weighted by atomic mass is 10.2. The Hall–Kier alpha value is -3.01. The molecule has 4 rings (SSSR count). The summed E-state index contributed by atoms with van der Waals surface area (Å²) in [5, 5.41) is 18.4. The van der Waals surface area contributed by atoms with Crippen LogP contribution in [0.3, 0.4) is 0 Å². The van der Waals surface area contributed by atoms with Gasteiger partial charge in [-0.15, -0.1) is 0 Å². The molecule has 140 valence electrons. The summed E-state index contributed by atoms with van der Waals surface area (Å²) in [6, 6.07) is 5.75. The molecule has 0 spiro atoms. The van der Waals surface area contributed by atoms with Crippen LogP contribution in [-0.2, 0) is 0 Å². The molecule has 0 bridgehead atoms. The third-order valence-electron chi connectivity index (χ3n) is 4.52. The first-order chi connectivity index (χ1) is 13.1. The SMILES string of the molecule is COc1ccc2nc(Nc3ncnc(NC4CCCC4)c3[N+](=O)[O-])sc2c1. The molecule has 1 fully saturated rings. The van der Waals surface area contributed by atoms with E-state index in [-0.39, 0.29) is 23.4 Å². The lowest BCUT2D eigenvalue weighted by molar-refractivity contribution is -0.383. The Balaban J connectivity index is 1.65. The maximum absolute atomic E-state index is 11.7. The normalized spacial score (nSPS) is 14.4. The summed E-state index contributed by atoms with van der Waals surface area (Å²) in [5.74, 6) is 1.10. The van der Waals surface area contributed by atoms with Gasteiger partial charge >= 0.3 is 5.69 Å². The molecule has 1 aromatic carbocycles. The standard InChI is InChI=1S/C17H18N6O3S/c1-26-11-6-7-12-13(8-11)27-17(21-12)22-16-14(23(24)25)15(18-9-19-16)20-10-4-2-3-5-10/h6-10H,2-5H2,1H3,(H2,18,19,20,21,22). The second-order valence-electron chi connectivity index (χ2n) is 6.28. The molecular weight excluding hydrogens is 368 g/mol. The molecule has 1 aliphatic rings. The van der Waals surface area contributed by atoms with Gasteiger partial charge in [0.25, 0.3) is 0 Å². The number of fused-ring (bicyclic) bond motifs is 1. The van der Waals surface area contributed by atoms with Crippen molar-refractivity contribution in [3.63, 3.8) is 0 Å². The van der Waals surface area contributed by atoms with E-state index in [4.69, 9.17) is 4.74 Å². The van der Waals surface area contributed by atoms with Crippen molar-refractivity contribution in [1.29, 1.82) is 0 Å². The van der Waals surface area contributed by atoms with Crippen molar-refractivity contribution < 1.29 is 9.66 Å². The summed E-state index contributed by atoms with van der Waals surface area (Å²) in [6.45, 7) is 0. The van der Waals surface area contributed by atoms with Crippen LogP contribution >= 0.6 is 11.3 Å². The van der Waals surface area contributed by atoms with E-state index in [1.54, 1.807) is 7.11 Å². The quantitative estimate of drug-likeness (QED) is 0.480. The number of nitro groups is 1. The van der Waals surface area contributed by atoms with Gasteiger partial charge in [0.05, 0.1) is 22.2 Å². The third kappa shape index (κ3) is 3.61. The van der Waals surface area contributed by atoms with Crippen LogP contribution in [0.1, 0.15) is 25.7 Å². The Morgan fingerprint density at radius 1 is 1.26 bits per heavy atom. The van der Waals surface area contributed by atoms with Gasteiger partial charge in [0.1, 0.15) is 12.1 Å². The molecule has 1 saturated carbocycles. The molecule has 0 atom stereocenters. The first-order valence-electron chi connectivity index (χ1n) is 8.61. The Labute approximate surface area is 159 Å². The van der Waals surface area contributed by atoms with Crippen molar-refractivity contribution in [2.45, 2.75) is 31.7 Å². The smallest absolute Gasteiger partial charge is 0.353 e. The molecule has 9 nitrogen and oxygen atoms in total.